The first-order valence-corrected chi connectivity index (χ1v) is 7.71. The molecule has 19 heavy (non-hydrogen) atoms. The molecule has 0 aliphatic carbocycles. The first kappa shape index (κ1) is 12.7. The minimum Gasteiger partial charge on any atom is -0.308 e. The topological polar surface area (TPSA) is 57.8 Å². The molecule has 0 spiro atoms. The van der Waals surface area contributed by atoms with Crippen molar-refractivity contribution in [3.05, 3.63) is 45.6 Å². The second-order valence-electron chi connectivity index (χ2n) is 4.40. The van der Waals surface area contributed by atoms with E-state index in [1.165, 1.54) is 5.56 Å². The average molecular weight is 338 g/mol. The molecule has 98 valence electrons. The van der Waals surface area contributed by atoms with Crippen LogP contribution in [-0.4, -0.2) is 21.9 Å². The van der Waals surface area contributed by atoms with E-state index in [9.17, 15) is 4.79 Å². The lowest BCUT2D eigenvalue weighted by Crippen LogP contribution is -2.12. The second kappa shape index (κ2) is 5.02. The molecule has 0 radical (unpaired) electrons. The fourth-order valence-electron chi connectivity index (χ4n) is 2.16. The summed E-state index contributed by atoms with van der Waals surface area (Å²) in [4.78, 5) is 11.7. The van der Waals surface area contributed by atoms with Crippen LogP contribution < -0.4 is 5.32 Å². The van der Waals surface area contributed by atoms with Crippen molar-refractivity contribution in [2.75, 3.05) is 11.1 Å². The number of nitrogens with zero attached hydrogens (tertiary/aromatic N) is 1. The van der Waals surface area contributed by atoms with Crippen LogP contribution in [0, 0.1) is 6.92 Å². The number of aromatic amines is 1. The van der Waals surface area contributed by atoms with Crippen molar-refractivity contribution in [3.63, 3.8) is 0 Å². The number of rotatable bonds is 1. The van der Waals surface area contributed by atoms with Gasteiger partial charge in [0.15, 0.2) is 5.82 Å². The third-order valence-electron chi connectivity index (χ3n) is 3.07. The molecule has 3 rings (SSSR count). The monoisotopic (exact) mass is 337 g/mol. The molecule has 1 aliphatic rings. The van der Waals surface area contributed by atoms with Gasteiger partial charge in [-0.1, -0.05) is 28.1 Å². The highest BCUT2D eigenvalue weighted by Gasteiger charge is 2.27. The summed E-state index contributed by atoms with van der Waals surface area (Å²) in [6, 6.07) is 8.19. The summed E-state index contributed by atoms with van der Waals surface area (Å²) in [5.74, 6) is 1.09. The highest BCUT2D eigenvalue weighted by Crippen LogP contribution is 2.42. The highest BCUT2D eigenvalue weighted by molar-refractivity contribution is 9.10. The van der Waals surface area contributed by atoms with Gasteiger partial charge in [0.25, 0.3) is 0 Å². The van der Waals surface area contributed by atoms with Gasteiger partial charge in [-0.25, -0.2) is 0 Å². The molecule has 6 heteroatoms. The number of halogens is 1. The van der Waals surface area contributed by atoms with E-state index < -0.39 is 0 Å². The minimum atomic E-state index is -0.00244. The third kappa shape index (κ3) is 2.42. The lowest BCUT2D eigenvalue weighted by atomic mass is 10.0. The van der Waals surface area contributed by atoms with Crippen molar-refractivity contribution in [2.45, 2.75) is 12.2 Å². The number of fused-ring (bicyclic) bond motifs is 1. The number of nitrogens with one attached hydrogen (secondary N) is 2. The molecule has 4 nitrogen and oxygen atoms in total. The number of hydrogen-bond acceptors (Lipinski definition) is 3. The van der Waals surface area contributed by atoms with E-state index in [1.54, 1.807) is 11.8 Å². The quantitative estimate of drug-likeness (QED) is 0.839. The summed E-state index contributed by atoms with van der Waals surface area (Å²) in [7, 11) is 0. The summed E-state index contributed by atoms with van der Waals surface area (Å²) < 4.78 is 1.05. The van der Waals surface area contributed by atoms with E-state index in [0.29, 0.717) is 11.6 Å². The maximum atomic E-state index is 11.7. The Morgan fingerprint density at radius 2 is 2.11 bits per heavy atom. The van der Waals surface area contributed by atoms with Gasteiger partial charge >= 0.3 is 0 Å². The number of H-pyrrole nitrogens is 1. The Balaban J connectivity index is 2.08. The number of hydrogen-bond donors (Lipinski definition) is 2. The highest BCUT2D eigenvalue weighted by atomic mass is 79.9. The molecule has 1 aromatic heterocycles. The molecule has 2 heterocycles. The Hall–Kier alpha value is -1.27. The Bertz CT molecular complexity index is 623. The van der Waals surface area contributed by atoms with Crippen LogP contribution >= 0.6 is 27.7 Å². The summed E-state index contributed by atoms with van der Waals surface area (Å²) in [6.07, 6.45) is 0. The summed E-state index contributed by atoms with van der Waals surface area (Å²) in [6.45, 7) is 1.98. The van der Waals surface area contributed by atoms with Crippen LogP contribution in [-0.2, 0) is 4.79 Å². The van der Waals surface area contributed by atoms with Crippen LogP contribution in [0.1, 0.15) is 22.1 Å². The van der Waals surface area contributed by atoms with Gasteiger partial charge < -0.3 is 5.32 Å². The van der Waals surface area contributed by atoms with Gasteiger partial charge in [-0.15, -0.1) is 11.8 Å². The van der Waals surface area contributed by atoms with Crippen molar-refractivity contribution in [3.8, 4) is 0 Å². The lowest BCUT2D eigenvalue weighted by molar-refractivity contribution is -0.113. The minimum absolute atomic E-state index is 0.00244. The Kier molecular flexibility index (Phi) is 3.36. The third-order valence-corrected chi connectivity index (χ3v) is 4.87. The zero-order valence-corrected chi connectivity index (χ0v) is 12.6. The van der Waals surface area contributed by atoms with Crippen LogP contribution in [0.2, 0.25) is 0 Å². The van der Waals surface area contributed by atoms with Crippen LogP contribution in [0.3, 0.4) is 0 Å². The molecule has 1 atom stereocenters. The van der Waals surface area contributed by atoms with E-state index in [1.807, 2.05) is 19.1 Å². The first-order valence-electron chi connectivity index (χ1n) is 5.87. The molecule has 0 fully saturated rings. The fourth-order valence-corrected chi connectivity index (χ4v) is 3.62. The number of aryl methyl sites for hydroxylation is 1. The van der Waals surface area contributed by atoms with Gasteiger partial charge in [0.1, 0.15) is 0 Å². The maximum absolute atomic E-state index is 11.7. The molecule has 0 saturated carbocycles. The van der Waals surface area contributed by atoms with E-state index >= 15 is 0 Å². The van der Waals surface area contributed by atoms with Crippen molar-refractivity contribution in [2.24, 2.45) is 0 Å². The molecule has 2 aromatic rings. The van der Waals surface area contributed by atoms with E-state index in [0.717, 1.165) is 15.7 Å². The predicted molar refractivity (Wildman–Crippen MR) is 80.4 cm³/mol. The zero-order valence-electron chi connectivity index (χ0n) is 10.2. The number of thioether (sulfide) groups is 1. The molecular formula is C13H12BrN3OS. The molecule has 0 unspecified atom stereocenters. The van der Waals surface area contributed by atoms with E-state index in [-0.39, 0.29) is 11.2 Å². The van der Waals surface area contributed by atoms with Crippen molar-refractivity contribution in [1.82, 2.24) is 10.2 Å². The number of anilines is 1. The number of carbonyl (C=O) groups excluding carboxylic acids is 1. The van der Waals surface area contributed by atoms with Crippen LogP contribution in [0.5, 0.6) is 0 Å². The summed E-state index contributed by atoms with van der Waals surface area (Å²) >= 11 is 5.07. The normalized spacial score (nSPS) is 18.6. The van der Waals surface area contributed by atoms with Crippen LogP contribution in [0.15, 0.2) is 28.7 Å². The predicted octanol–water partition coefficient (Wildman–Crippen LogP) is 3.26. The number of carbonyl (C=O) groups is 1. The molecule has 1 aliphatic heterocycles. The first-order chi connectivity index (χ1) is 9.15. The van der Waals surface area contributed by atoms with E-state index in [2.05, 4.69) is 43.6 Å². The average Bonchev–Trinajstić information content (AvgIpc) is 2.65. The van der Waals surface area contributed by atoms with Gasteiger partial charge in [-0.2, -0.15) is 5.10 Å². The smallest absolute Gasteiger partial charge is 0.235 e. The van der Waals surface area contributed by atoms with Gasteiger partial charge in [-0.05, 0) is 24.6 Å². The fraction of sp³-hybridized carbons (Fsp3) is 0.231. The maximum Gasteiger partial charge on any atom is 0.235 e. The number of benzene rings is 1. The zero-order chi connectivity index (χ0) is 13.4. The number of aromatic nitrogens is 2. The Morgan fingerprint density at radius 1 is 1.37 bits per heavy atom. The van der Waals surface area contributed by atoms with E-state index in [4.69, 9.17) is 0 Å². The second-order valence-corrected chi connectivity index (χ2v) is 6.41. The van der Waals surface area contributed by atoms with Crippen LogP contribution in [0.4, 0.5) is 5.82 Å². The van der Waals surface area contributed by atoms with Crippen LogP contribution in [0.25, 0.3) is 0 Å². The van der Waals surface area contributed by atoms with Gasteiger partial charge in [0.2, 0.25) is 5.91 Å². The largest absolute Gasteiger partial charge is 0.308 e. The Morgan fingerprint density at radius 3 is 2.84 bits per heavy atom. The standard InChI is InChI=1S/C13H12BrN3OS/c1-7-11-12(8-2-4-9(14)5-3-8)19-6-10(18)15-13(11)17-16-7/h2-5,12H,6H2,1H3,(H2,15,16,17,18)/t12-/m0/s1. The molecule has 0 saturated heterocycles. The van der Waals surface area contributed by atoms with Crippen molar-refractivity contribution in [1.29, 1.82) is 0 Å². The van der Waals surface area contributed by atoms with Gasteiger partial charge in [-0.3, -0.25) is 9.89 Å². The lowest BCUT2D eigenvalue weighted by Gasteiger charge is -2.15. The molecule has 1 aromatic carbocycles. The number of amides is 1. The Labute approximate surface area is 123 Å². The molecular weight excluding hydrogens is 326 g/mol. The van der Waals surface area contributed by atoms with Gasteiger partial charge in [0.05, 0.1) is 11.0 Å². The molecule has 1 amide bonds. The molecule has 2 N–H and O–H groups in total. The summed E-state index contributed by atoms with van der Waals surface area (Å²) in [5.41, 5.74) is 3.24. The molecule has 0 bridgehead atoms. The SMILES string of the molecule is Cc1[nH]nc2c1[C@H](c1ccc(Br)cc1)SCC(=O)N2. The van der Waals surface area contributed by atoms with Gasteiger partial charge in [0, 0.05) is 15.7 Å². The van der Waals surface area contributed by atoms with Crippen molar-refractivity contribution >= 4 is 39.4 Å². The summed E-state index contributed by atoms with van der Waals surface area (Å²) in [5, 5.41) is 10.1. The van der Waals surface area contributed by atoms with Crippen molar-refractivity contribution < 1.29 is 4.79 Å².